The Morgan fingerprint density at radius 2 is 1.50 bits per heavy atom. The second-order valence-corrected chi connectivity index (χ2v) is 6.77. The molecule has 0 aromatic heterocycles. The number of alkyl halides is 5. The van der Waals surface area contributed by atoms with Gasteiger partial charge in [-0.2, -0.15) is 13.2 Å². The number of nitrogens with two attached hydrogens (primary N) is 1. The van der Waals surface area contributed by atoms with Crippen molar-refractivity contribution in [3.63, 3.8) is 0 Å². The largest absolute Gasteiger partial charge is 0.416 e. The lowest BCUT2D eigenvalue weighted by Crippen LogP contribution is -2.53. The maximum atomic E-state index is 13.6. The summed E-state index contributed by atoms with van der Waals surface area (Å²) in [6.07, 6.45) is -5.44. The summed E-state index contributed by atoms with van der Waals surface area (Å²) in [4.78, 5) is 12.2. The monoisotopic (exact) mass is 382 g/mol. The van der Waals surface area contributed by atoms with Gasteiger partial charge in [-0.3, -0.25) is 4.79 Å². The van der Waals surface area contributed by atoms with Crippen LogP contribution >= 0.6 is 0 Å². The molecule has 4 nitrogen and oxygen atoms in total. The van der Waals surface area contributed by atoms with Gasteiger partial charge in [0.1, 0.15) is 6.04 Å². The van der Waals surface area contributed by atoms with E-state index < -0.39 is 46.8 Å². The van der Waals surface area contributed by atoms with Crippen LogP contribution in [0.25, 0.3) is 0 Å². The first-order valence-corrected chi connectivity index (χ1v) is 7.81. The summed E-state index contributed by atoms with van der Waals surface area (Å²) in [5.41, 5.74) is 2.22. The summed E-state index contributed by atoms with van der Waals surface area (Å²) in [5, 5.41) is 2.49. The Labute approximate surface area is 148 Å². The number of hydrogen-bond donors (Lipinski definition) is 2. The fraction of sp³-hybridized carbons (Fsp3) is 0.588. The van der Waals surface area contributed by atoms with Gasteiger partial charge >= 0.3 is 6.18 Å². The normalized spacial score (nSPS) is 15.5. The molecule has 0 heterocycles. The molecule has 1 rings (SSSR count). The zero-order valence-corrected chi connectivity index (χ0v) is 15.2. The Morgan fingerprint density at radius 1 is 1.04 bits per heavy atom. The first kappa shape index (κ1) is 22.3. The van der Waals surface area contributed by atoms with E-state index in [2.05, 4.69) is 5.32 Å². The van der Waals surface area contributed by atoms with Gasteiger partial charge in [0.15, 0.2) is 0 Å². The maximum absolute atomic E-state index is 13.6. The second-order valence-electron chi connectivity index (χ2n) is 6.77. The Bertz CT molecular complexity index is 621. The topological polar surface area (TPSA) is 64.3 Å². The van der Waals surface area contributed by atoms with Crippen molar-refractivity contribution < 1.29 is 31.5 Å². The smallest absolute Gasteiger partial charge is 0.380 e. The molecule has 9 heteroatoms. The highest BCUT2D eigenvalue weighted by molar-refractivity contribution is 5.83. The number of carbonyl (C=O) groups is 1. The molecular formula is C17H23F5N2O2. The molecule has 1 aromatic carbocycles. The minimum Gasteiger partial charge on any atom is -0.380 e. The van der Waals surface area contributed by atoms with Crippen molar-refractivity contribution in [3.8, 4) is 0 Å². The van der Waals surface area contributed by atoms with Crippen molar-refractivity contribution in [1.29, 1.82) is 0 Å². The van der Waals surface area contributed by atoms with Crippen LogP contribution in [0.4, 0.5) is 22.0 Å². The Kier molecular flexibility index (Phi) is 6.41. The van der Waals surface area contributed by atoms with Gasteiger partial charge in [-0.25, -0.2) is 8.78 Å². The highest BCUT2D eigenvalue weighted by Crippen LogP contribution is 2.37. The summed E-state index contributed by atoms with van der Waals surface area (Å²) in [5.74, 6) is -4.15. The lowest BCUT2D eigenvalue weighted by molar-refractivity contribution is -0.137. The van der Waals surface area contributed by atoms with Crippen molar-refractivity contribution in [3.05, 3.63) is 34.9 Å². The minimum absolute atomic E-state index is 0.116. The van der Waals surface area contributed by atoms with Crippen molar-refractivity contribution in [2.75, 3.05) is 7.11 Å². The highest BCUT2D eigenvalue weighted by Gasteiger charge is 2.37. The molecule has 0 aliphatic heterocycles. The van der Waals surface area contributed by atoms with E-state index in [-0.39, 0.29) is 5.56 Å². The van der Waals surface area contributed by atoms with Gasteiger partial charge in [0.25, 0.3) is 5.92 Å². The van der Waals surface area contributed by atoms with Crippen LogP contribution < -0.4 is 11.1 Å². The molecule has 0 fully saturated rings. The molecule has 0 aliphatic carbocycles. The van der Waals surface area contributed by atoms with Crippen molar-refractivity contribution >= 4 is 5.91 Å². The molecule has 2 atom stereocenters. The lowest BCUT2D eigenvalue weighted by atomic mass is 9.89. The molecular weight excluding hydrogens is 359 g/mol. The molecule has 0 saturated carbocycles. The van der Waals surface area contributed by atoms with Crippen molar-refractivity contribution in [2.45, 2.75) is 57.5 Å². The van der Waals surface area contributed by atoms with Crippen LogP contribution in [0.2, 0.25) is 0 Å². The number of benzene rings is 1. The predicted molar refractivity (Wildman–Crippen MR) is 86.6 cm³/mol. The fourth-order valence-corrected chi connectivity index (χ4v) is 2.23. The number of nitrogens with one attached hydrogen (secondary N) is 1. The minimum atomic E-state index is -4.81. The van der Waals surface area contributed by atoms with Crippen LogP contribution in [0.3, 0.4) is 0 Å². The van der Waals surface area contributed by atoms with E-state index in [1.54, 1.807) is 6.92 Å². The Balaban J connectivity index is 3.32. The molecule has 0 radical (unpaired) electrons. The number of rotatable bonds is 6. The number of hydrogen-bond acceptors (Lipinski definition) is 3. The van der Waals surface area contributed by atoms with Crippen molar-refractivity contribution in [2.24, 2.45) is 5.73 Å². The SMILES string of the molecule is COC(C)C(N)C(=O)NC(C)(C)c1cc(C(C)(F)F)cc(C(F)(F)F)c1. The van der Waals surface area contributed by atoms with E-state index in [0.29, 0.717) is 13.0 Å². The average Bonchev–Trinajstić information content (AvgIpc) is 2.50. The average molecular weight is 382 g/mol. The molecule has 1 aromatic rings. The zero-order chi connectivity index (χ0) is 20.5. The third-order valence-electron chi connectivity index (χ3n) is 4.10. The van der Waals surface area contributed by atoms with Gasteiger partial charge in [-0.05, 0) is 44.5 Å². The summed E-state index contributed by atoms with van der Waals surface area (Å²) in [7, 11) is 1.35. The molecule has 0 saturated heterocycles. The molecule has 1 amide bonds. The van der Waals surface area contributed by atoms with Gasteiger partial charge in [-0.15, -0.1) is 0 Å². The van der Waals surface area contributed by atoms with Gasteiger partial charge < -0.3 is 15.8 Å². The van der Waals surface area contributed by atoms with Gasteiger partial charge in [0.05, 0.1) is 17.2 Å². The first-order valence-electron chi connectivity index (χ1n) is 7.81. The standard InChI is InChI=1S/C17H23F5N2O2/c1-9(26-5)13(23)14(25)24-15(2,3)10-6-11(16(4,18)19)8-12(7-10)17(20,21)22/h6-9,13H,23H2,1-5H3,(H,24,25). The number of carbonyl (C=O) groups excluding carboxylic acids is 1. The number of amides is 1. The second kappa shape index (κ2) is 7.48. The summed E-state index contributed by atoms with van der Waals surface area (Å²) in [6.45, 7) is 4.87. The van der Waals surface area contributed by atoms with Gasteiger partial charge in [0.2, 0.25) is 5.91 Å². The molecule has 0 spiro atoms. The van der Waals surface area contributed by atoms with Crippen LogP contribution in [0, 0.1) is 0 Å². The molecule has 3 N–H and O–H groups in total. The maximum Gasteiger partial charge on any atom is 0.416 e. The molecule has 0 aliphatic rings. The molecule has 0 bridgehead atoms. The zero-order valence-electron chi connectivity index (χ0n) is 15.2. The lowest BCUT2D eigenvalue weighted by Gasteiger charge is -2.31. The van der Waals surface area contributed by atoms with E-state index in [1.807, 2.05) is 0 Å². The van der Waals surface area contributed by atoms with Crippen LogP contribution in [-0.4, -0.2) is 25.2 Å². The number of ether oxygens (including phenoxy) is 1. The first-order chi connectivity index (χ1) is 11.6. The third kappa shape index (κ3) is 5.38. The van der Waals surface area contributed by atoms with Crippen LogP contribution in [0.15, 0.2) is 18.2 Å². The summed E-state index contributed by atoms with van der Waals surface area (Å²) in [6, 6.07) is 1.01. The summed E-state index contributed by atoms with van der Waals surface area (Å²) >= 11 is 0. The number of halogens is 5. The molecule has 2 unspecified atom stereocenters. The fourth-order valence-electron chi connectivity index (χ4n) is 2.23. The summed E-state index contributed by atoms with van der Waals surface area (Å²) < 4.78 is 71.5. The van der Waals surface area contributed by atoms with Gasteiger partial charge in [-0.1, -0.05) is 0 Å². The molecule has 148 valence electrons. The van der Waals surface area contributed by atoms with Crippen LogP contribution in [0.1, 0.15) is 44.4 Å². The van der Waals surface area contributed by atoms with Crippen molar-refractivity contribution in [1.82, 2.24) is 5.32 Å². The van der Waals surface area contributed by atoms with E-state index in [0.717, 1.165) is 12.1 Å². The highest BCUT2D eigenvalue weighted by atomic mass is 19.4. The van der Waals surface area contributed by atoms with Gasteiger partial charge in [0, 0.05) is 19.6 Å². The predicted octanol–water partition coefficient (Wildman–Crippen LogP) is 3.53. The van der Waals surface area contributed by atoms with Crippen LogP contribution in [0.5, 0.6) is 0 Å². The Hall–Kier alpha value is -1.74. The van der Waals surface area contributed by atoms with E-state index in [1.165, 1.54) is 21.0 Å². The van der Waals surface area contributed by atoms with E-state index in [4.69, 9.17) is 10.5 Å². The Morgan fingerprint density at radius 3 is 1.92 bits per heavy atom. The number of methoxy groups -OCH3 is 1. The van der Waals surface area contributed by atoms with E-state index >= 15 is 0 Å². The third-order valence-corrected chi connectivity index (χ3v) is 4.10. The van der Waals surface area contributed by atoms with Crippen LogP contribution in [-0.2, 0) is 27.2 Å². The van der Waals surface area contributed by atoms with E-state index in [9.17, 15) is 26.7 Å². The molecule has 26 heavy (non-hydrogen) atoms. The quantitative estimate of drug-likeness (QED) is 0.740.